The monoisotopic (exact) mass is 309 g/mol. The maximum absolute atomic E-state index is 4.52. The Morgan fingerprint density at radius 3 is 2.91 bits per heavy atom. The molecule has 3 rings (SSSR count). The molecule has 0 radical (unpaired) electrons. The van der Waals surface area contributed by atoms with Crippen LogP contribution in [0.1, 0.15) is 30.3 Å². The van der Waals surface area contributed by atoms with Crippen LogP contribution in [0.15, 0.2) is 37.2 Å². The average molecular weight is 309 g/mol. The zero-order chi connectivity index (χ0) is 16.1. The first-order chi connectivity index (χ1) is 11.3. The normalized spacial score (nSPS) is 10.7. The maximum atomic E-state index is 4.52. The van der Waals surface area contributed by atoms with Crippen molar-refractivity contribution in [3.63, 3.8) is 0 Å². The highest BCUT2D eigenvalue weighted by molar-refractivity contribution is 5.45. The van der Waals surface area contributed by atoms with Gasteiger partial charge in [-0.2, -0.15) is 5.10 Å². The van der Waals surface area contributed by atoms with E-state index in [0.717, 1.165) is 41.4 Å². The van der Waals surface area contributed by atoms with Crippen molar-refractivity contribution < 1.29 is 0 Å². The SMILES string of the molecule is CCCc1cnc(C)nc1NCc1cccnc1-n1cncn1. The quantitative estimate of drug-likeness (QED) is 0.752. The standard InChI is InChI=1S/C16H19N7/c1-3-5-13-8-19-12(2)22-15(13)20-9-14-6-4-7-18-16(14)23-11-17-10-21-23/h4,6-8,10-11H,3,5,9H2,1-2H3,(H,19,20,22). The van der Waals surface area contributed by atoms with Crippen molar-refractivity contribution in [2.45, 2.75) is 33.2 Å². The minimum absolute atomic E-state index is 0.607. The molecule has 0 saturated heterocycles. The van der Waals surface area contributed by atoms with E-state index in [4.69, 9.17) is 0 Å². The van der Waals surface area contributed by atoms with Crippen LogP contribution in [0.25, 0.3) is 5.82 Å². The van der Waals surface area contributed by atoms with Crippen LogP contribution < -0.4 is 5.32 Å². The molecule has 0 fully saturated rings. The molecule has 0 aliphatic heterocycles. The lowest BCUT2D eigenvalue weighted by Gasteiger charge is -2.12. The van der Waals surface area contributed by atoms with Crippen molar-refractivity contribution in [2.75, 3.05) is 5.32 Å². The van der Waals surface area contributed by atoms with E-state index in [9.17, 15) is 0 Å². The summed E-state index contributed by atoms with van der Waals surface area (Å²) in [6.07, 6.45) is 8.79. The number of hydrogen-bond donors (Lipinski definition) is 1. The molecule has 3 heterocycles. The van der Waals surface area contributed by atoms with Crippen LogP contribution in [-0.2, 0) is 13.0 Å². The van der Waals surface area contributed by atoms with E-state index in [1.54, 1.807) is 17.2 Å². The average Bonchev–Trinajstić information content (AvgIpc) is 3.10. The van der Waals surface area contributed by atoms with E-state index in [-0.39, 0.29) is 0 Å². The van der Waals surface area contributed by atoms with Gasteiger partial charge in [0.2, 0.25) is 0 Å². The van der Waals surface area contributed by atoms with Gasteiger partial charge in [0, 0.05) is 30.1 Å². The Kier molecular flexibility index (Phi) is 4.56. The van der Waals surface area contributed by atoms with E-state index < -0.39 is 0 Å². The van der Waals surface area contributed by atoms with Gasteiger partial charge in [-0.05, 0) is 19.4 Å². The predicted molar refractivity (Wildman–Crippen MR) is 87.2 cm³/mol. The molecule has 0 unspecified atom stereocenters. The van der Waals surface area contributed by atoms with Gasteiger partial charge in [-0.3, -0.25) is 0 Å². The largest absolute Gasteiger partial charge is 0.366 e. The van der Waals surface area contributed by atoms with Gasteiger partial charge in [0.15, 0.2) is 5.82 Å². The molecule has 3 aromatic rings. The first kappa shape index (κ1) is 15.1. The number of rotatable bonds is 6. The first-order valence-electron chi connectivity index (χ1n) is 7.63. The summed E-state index contributed by atoms with van der Waals surface area (Å²) in [6.45, 7) is 4.65. The van der Waals surface area contributed by atoms with Gasteiger partial charge in [0.1, 0.15) is 24.3 Å². The molecule has 23 heavy (non-hydrogen) atoms. The molecule has 0 aromatic carbocycles. The predicted octanol–water partition coefficient (Wildman–Crippen LogP) is 2.33. The zero-order valence-corrected chi connectivity index (χ0v) is 13.3. The fraction of sp³-hybridized carbons (Fsp3) is 0.312. The highest BCUT2D eigenvalue weighted by Gasteiger charge is 2.09. The van der Waals surface area contributed by atoms with E-state index in [0.29, 0.717) is 6.54 Å². The van der Waals surface area contributed by atoms with Crippen molar-refractivity contribution in [1.29, 1.82) is 0 Å². The summed E-state index contributed by atoms with van der Waals surface area (Å²) >= 11 is 0. The van der Waals surface area contributed by atoms with Crippen molar-refractivity contribution in [3.05, 3.63) is 54.1 Å². The molecule has 0 bridgehead atoms. The maximum Gasteiger partial charge on any atom is 0.160 e. The summed E-state index contributed by atoms with van der Waals surface area (Å²) < 4.78 is 1.66. The minimum Gasteiger partial charge on any atom is -0.366 e. The second-order valence-electron chi connectivity index (χ2n) is 5.22. The molecule has 0 atom stereocenters. The molecule has 0 saturated carbocycles. The Balaban J connectivity index is 1.83. The summed E-state index contributed by atoms with van der Waals surface area (Å²) in [7, 11) is 0. The minimum atomic E-state index is 0.607. The summed E-state index contributed by atoms with van der Waals surface area (Å²) in [5.74, 6) is 2.41. The summed E-state index contributed by atoms with van der Waals surface area (Å²) in [5.41, 5.74) is 2.15. The van der Waals surface area contributed by atoms with Crippen molar-refractivity contribution in [1.82, 2.24) is 29.7 Å². The van der Waals surface area contributed by atoms with Crippen LogP contribution in [0.5, 0.6) is 0 Å². The second kappa shape index (κ2) is 6.95. The molecule has 0 aliphatic rings. The number of pyridine rings is 1. The fourth-order valence-corrected chi connectivity index (χ4v) is 2.37. The topological polar surface area (TPSA) is 81.4 Å². The van der Waals surface area contributed by atoms with Crippen LogP contribution in [0.2, 0.25) is 0 Å². The number of nitrogens with zero attached hydrogens (tertiary/aromatic N) is 6. The second-order valence-corrected chi connectivity index (χ2v) is 5.22. The summed E-state index contributed by atoms with van der Waals surface area (Å²) in [6, 6.07) is 3.93. The molecule has 0 amide bonds. The van der Waals surface area contributed by atoms with E-state index in [1.165, 1.54) is 6.33 Å². The van der Waals surface area contributed by atoms with Crippen LogP contribution in [0.4, 0.5) is 5.82 Å². The van der Waals surface area contributed by atoms with Gasteiger partial charge in [-0.1, -0.05) is 19.4 Å². The van der Waals surface area contributed by atoms with Gasteiger partial charge in [-0.15, -0.1) is 0 Å². The Morgan fingerprint density at radius 1 is 1.22 bits per heavy atom. The molecule has 0 spiro atoms. The summed E-state index contributed by atoms with van der Waals surface area (Å²) in [4.78, 5) is 17.2. The first-order valence-corrected chi connectivity index (χ1v) is 7.63. The Hall–Kier alpha value is -2.83. The number of nitrogens with one attached hydrogen (secondary N) is 1. The van der Waals surface area contributed by atoms with Crippen molar-refractivity contribution in [2.24, 2.45) is 0 Å². The number of hydrogen-bond acceptors (Lipinski definition) is 6. The Labute approximate surface area is 134 Å². The number of aromatic nitrogens is 6. The van der Waals surface area contributed by atoms with Gasteiger partial charge in [-0.25, -0.2) is 24.6 Å². The Morgan fingerprint density at radius 2 is 2.13 bits per heavy atom. The lowest BCUT2D eigenvalue weighted by Crippen LogP contribution is -2.10. The van der Waals surface area contributed by atoms with Gasteiger partial charge >= 0.3 is 0 Å². The highest BCUT2D eigenvalue weighted by atomic mass is 15.3. The zero-order valence-electron chi connectivity index (χ0n) is 13.3. The number of anilines is 1. The smallest absolute Gasteiger partial charge is 0.160 e. The van der Waals surface area contributed by atoms with Crippen molar-refractivity contribution >= 4 is 5.82 Å². The molecular weight excluding hydrogens is 290 g/mol. The third-order valence-corrected chi connectivity index (χ3v) is 3.45. The lowest BCUT2D eigenvalue weighted by molar-refractivity contribution is 0.825. The van der Waals surface area contributed by atoms with Gasteiger partial charge < -0.3 is 5.32 Å². The molecule has 118 valence electrons. The number of aryl methyl sites for hydroxylation is 2. The third kappa shape index (κ3) is 3.50. The van der Waals surface area contributed by atoms with Crippen molar-refractivity contribution in [3.8, 4) is 5.82 Å². The summed E-state index contributed by atoms with van der Waals surface area (Å²) in [5, 5.41) is 7.56. The van der Waals surface area contributed by atoms with Crippen LogP contribution in [0, 0.1) is 6.92 Å². The fourth-order valence-electron chi connectivity index (χ4n) is 2.37. The van der Waals surface area contributed by atoms with E-state index >= 15 is 0 Å². The van der Waals surface area contributed by atoms with E-state index in [1.807, 2.05) is 25.3 Å². The van der Waals surface area contributed by atoms with E-state index in [2.05, 4.69) is 37.3 Å². The highest BCUT2D eigenvalue weighted by Crippen LogP contribution is 2.17. The lowest BCUT2D eigenvalue weighted by atomic mass is 10.2. The van der Waals surface area contributed by atoms with Crippen LogP contribution in [0.3, 0.4) is 0 Å². The van der Waals surface area contributed by atoms with Gasteiger partial charge in [0.25, 0.3) is 0 Å². The molecule has 7 nitrogen and oxygen atoms in total. The van der Waals surface area contributed by atoms with Gasteiger partial charge in [0.05, 0.1) is 0 Å². The molecule has 0 aliphatic carbocycles. The molecular formula is C16H19N7. The molecule has 7 heteroatoms. The van der Waals surface area contributed by atoms with Crippen LogP contribution >= 0.6 is 0 Å². The van der Waals surface area contributed by atoms with Crippen LogP contribution in [-0.4, -0.2) is 29.7 Å². The third-order valence-electron chi connectivity index (χ3n) is 3.45. The molecule has 3 aromatic heterocycles. The Bertz CT molecular complexity index is 768. The molecule has 1 N–H and O–H groups in total.